The summed E-state index contributed by atoms with van der Waals surface area (Å²) in [5.74, 6) is -0.697. The number of pyridine rings is 1. The molecule has 0 aliphatic carbocycles. The van der Waals surface area contributed by atoms with Crippen molar-refractivity contribution in [3.05, 3.63) is 21.0 Å². The van der Waals surface area contributed by atoms with Gasteiger partial charge in [0.05, 0.1) is 22.3 Å². The molecule has 9 heteroatoms. The minimum Gasteiger partial charge on any atom is -0.403 e. The fourth-order valence-electron chi connectivity index (χ4n) is 1.16. The van der Waals surface area contributed by atoms with E-state index in [4.69, 9.17) is 5.26 Å². The number of hydrogen-bond donors (Lipinski definition) is 0. The summed E-state index contributed by atoms with van der Waals surface area (Å²) in [4.78, 5) is 3.21. The van der Waals surface area contributed by atoms with Gasteiger partial charge in [-0.25, -0.2) is 8.78 Å². The first-order chi connectivity index (χ1) is 8.26. The Morgan fingerprint density at radius 2 is 2.06 bits per heavy atom. The fourth-order valence-corrected chi connectivity index (χ4v) is 1.87. The van der Waals surface area contributed by atoms with Gasteiger partial charge < -0.3 is 4.74 Å². The highest BCUT2D eigenvalue weighted by Gasteiger charge is 2.33. The Labute approximate surface area is 112 Å². The van der Waals surface area contributed by atoms with E-state index in [2.05, 4.69) is 9.72 Å². The Morgan fingerprint density at radius 1 is 1.44 bits per heavy atom. The van der Waals surface area contributed by atoms with Crippen LogP contribution in [0.3, 0.4) is 0 Å². The maximum absolute atomic E-state index is 12.6. The number of nitriles is 1. The molecule has 0 radical (unpaired) electrons. The Hall–Kier alpha value is -1.18. The van der Waals surface area contributed by atoms with Crippen LogP contribution in [0.4, 0.5) is 22.0 Å². The molecule has 0 atom stereocenters. The van der Waals surface area contributed by atoms with Gasteiger partial charge in [0.1, 0.15) is 5.69 Å². The van der Waals surface area contributed by atoms with E-state index in [1.165, 1.54) is 22.6 Å². The second-order valence-electron chi connectivity index (χ2n) is 2.98. The monoisotopic (exact) mass is 378 g/mol. The molecule has 98 valence electrons. The smallest absolute Gasteiger partial charge is 0.403 e. The molecule has 1 aromatic rings. The zero-order valence-electron chi connectivity index (χ0n) is 8.43. The third-order valence-corrected chi connectivity index (χ3v) is 2.98. The molecule has 3 nitrogen and oxygen atoms in total. The number of ether oxygens (including phenoxy) is 1. The summed E-state index contributed by atoms with van der Waals surface area (Å²) in [6.07, 6.45) is -7.82. The van der Waals surface area contributed by atoms with Crippen molar-refractivity contribution < 1.29 is 26.7 Å². The third kappa shape index (κ3) is 3.66. The van der Waals surface area contributed by atoms with Gasteiger partial charge in [0.15, 0.2) is 5.75 Å². The van der Waals surface area contributed by atoms with Gasteiger partial charge in [0, 0.05) is 5.56 Å². The van der Waals surface area contributed by atoms with Gasteiger partial charge in [-0.3, -0.25) is 4.98 Å². The summed E-state index contributed by atoms with van der Waals surface area (Å²) in [7, 11) is 0. The van der Waals surface area contributed by atoms with Crippen molar-refractivity contribution in [1.82, 2.24) is 4.98 Å². The molecule has 18 heavy (non-hydrogen) atoms. The standard InChI is InChI=1S/C9H4F5IN2O/c10-8(11)7-4(1-2-16)6(15)5(3-17-7)18-9(12,13)14/h3,8H,1H2. The van der Waals surface area contributed by atoms with Crippen LogP contribution in [0.5, 0.6) is 5.75 Å². The molecule has 0 bridgehead atoms. The number of nitrogens with zero attached hydrogens (tertiary/aromatic N) is 2. The molecule has 0 saturated carbocycles. The Balaban J connectivity index is 3.26. The second-order valence-corrected chi connectivity index (χ2v) is 4.06. The first-order valence-electron chi connectivity index (χ1n) is 4.34. The van der Waals surface area contributed by atoms with E-state index in [9.17, 15) is 22.0 Å². The average Bonchev–Trinajstić information content (AvgIpc) is 2.22. The van der Waals surface area contributed by atoms with Crippen LogP contribution in [0.2, 0.25) is 0 Å². The van der Waals surface area contributed by atoms with E-state index < -0.39 is 30.7 Å². The molecule has 0 aromatic carbocycles. The predicted molar refractivity (Wildman–Crippen MR) is 57.9 cm³/mol. The summed E-state index contributed by atoms with van der Waals surface area (Å²) >= 11 is 1.41. The van der Waals surface area contributed by atoms with Gasteiger partial charge in [-0.05, 0) is 22.6 Å². The Morgan fingerprint density at radius 3 is 2.50 bits per heavy atom. The largest absolute Gasteiger partial charge is 0.573 e. The molecule has 0 fully saturated rings. The van der Waals surface area contributed by atoms with Gasteiger partial charge in [-0.1, -0.05) is 0 Å². The molecule has 0 saturated heterocycles. The number of alkyl halides is 5. The molecular formula is C9H4F5IN2O. The maximum atomic E-state index is 12.6. The molecule has 1 rings (SSSR count). The second kappa shape index (κ2) is 5.64. The van der Waals surface area contributed by atoms with Gasteiger partial charge in [-0.2, -0.15) is 5.26 Å². The lowest BCUT2D eigenvalue weighted by Gasteiger charge is -2.14. The quantitative estimate of drug-likeness (QED) is 0.597. The minimum atomic E-state index is -4.95. The topological polar surface area (TPSA) is 45.9 Å². The van der Waals surface area contributed by atoms with Crippen LogP contribution < -0.4 is 4.74 Å². The fraction of sp³-hybridized carbons (Fsp3) is 0.333. The lowest BCUT2D eigenvalue weighted by molar-refractivity contribution is -0.275. The lowest BCUT2D eigenvalue weighted by Crippen LogP contribution is -2.19. The molecular weight excluding hydrogens is 374 g/mol. The lowest BCUT2D eigenvalue weighted by atomic mass is 10.1. The zero-order chi connectivity index (χ0) is 13.9. The van der Waals surface area contributed by atoms with Gasteiger partial charge >= 0.3 is 6.36 Å². The van der Waals surface area contributed by atoms with Gasteiger partial charge in [-0.15, -0.1) is 13.2 Å². The zero-order valence-corrected chi connectivity index (χ0v) is 10.6. The van der Waals surface area contributed by atoms with Gasteiger partial charge in [0.2, 0.25) is 0 Å². The van der Waals surface area contributed by atoms with Crippen molar-refractivity contribution in [3.8, 4) is 11.8 Å². The SMILES string of the molecule is N#CCc1c(C(F)F)ncc(OC(F)(F)F)c1I. The number of hydrogen-bond acceptors (Lipinski definition) is 3. The highest BCUT2D eigenvalue weighted by Crippen LogP contribution is 2.33. The first-order valence-corrected chi connectivity index (χ1v) is 5.42. The van der Waals surface area contributed by atoms with Crippen LogP contribution in [0.1, 0.15) is 17.7 Å². The molecule has 0 aliphatic heterocycles. The average molecular weight is 378 g/mol. The first kappa shape index (κ1) is 14.9. The van der Waals surface area contributed by atoms with Crippen molar-refractivity contribution in [2.24, 2.45) is 0 Å². The van der Waals surface area contributed by atoms with Gasteiger partial charge in [0.25, 0.3) is 6.43 Å². The molecule has 1 heterocycles. The van der Waals surface area contributed by atoms with Crippen LogP contribution in [0.25, 0.3) is 0 Å². The van der Waals surface area contributed by atoms with Crippen molar-refractivity contribution >= 4 is 22.6 Å². The molecule has 0 amide bonds. The van der Waals surface area contributed by atoms with Crippen molar-refractivity contribution in [2.45, 2.75) is 19.2 Å². The Kier molecular flexibility index (Phi) is 4.66. The Bertz CT molecular complexity index is 483. The van der Waals surface area contributed by atoms with Crippen LogP contribution in [0, 0.1) is 14.9 Å². The molecule has 1 aromatic heterocycles. The number of halogens is 6. The van der Waals surface area contributed by atoms with Crippen LogP contribution in [-0.4, -0.2) is 11.3 Å². The highest BCUT2D eigenvalue weighted by atomic mass is 127. The van der Waals surface area contributed by atoms with E-state index in [-0.39, 0.29) is 9.13 Å². The van der Waals surface area contributed by atoms with E-state index in [0.29, 0.717) is 6.20 Å². The van der Waals surface area contributed by atoms with Crippen LogP contribution >= 0.6 is 22.6 Å². The van der Waals surface area contributed by atoms with Crippen LogP contribution in [-0.2, 0) is 6.42 Å². The molecule has 0 unspecified atom stereocenters. The van der Waals surface area contributed by atoms with Crippen LogP contribution in [0.15, 0.2) is 6.20 Å². The van der Waals surface area contributed by atoms with E-state index >= 15 is 0 Å². The minimum absolute atomic E-state index is 0.197. The summed E-state index contributed by atoms with van der Waals surface area (Å²) < 4.78 is 64.7. The van der Waals surface area contributed by atoms with E-state index in [0.717, 1.165) is 0 Å². The van der Waals surface area contributed by atoms with Crippen molar-refractivity contribution in [2.75, 3.05) is 0 Å². The third-order valence-electron chi connectivity index (χ3n) is 1.80. The molecule has 0 aliphatic rings. The molecule has 0 N–H and O–H groups in total. The van der Waals surface area contributed by atoms with Crippen molar-refractivity contribution in [3.63, 3.8) is 0 Å². The summed E-state index contributed by atoms with van der Waals surface area (Å²) in [5.41, 5.74) is -0.967. The summed E-state index contributed by atoms with van der Waals surface area (Å²) in [6.45, 7) is 0. The molecule has 0 spiro atoms. The maximum Gasteiger partial charge on any atom is 0.573 e. The van der Waals surface area contributed by atoms with E-state index in [1.54, 1.807) is 6.07 Å². The normalized spacial score (nSPS) is 11.4. The van der Waals surface area contributed by atoms with Crippen molar-refractivity contribution in [1.29, 1.82) is 5.26 Å². The summed E-state index contributed by atoms with van der Waals surface area (Å²) in [5, 5.41) is 8.48. The predicted octanol–water partition coefficient (Wildman–Crippen LogP) is 3.59. The van der Waals surface area contributed by atoms with E-state index in [1.807, 2.05) is 0 Å². The highest BCUT2D eigenvalue weighted by molar-refractivity contribution is 14.1. The summed E-state index contributed by atoms with van der Waals surface area (Å²) in [6, 6.07) is 1.60. The number of aromatic nitrogens is 1. The number of rotatable bonds is 3.